The van der Waals surface area contributed by atoms with Gasteiger partial charge in [-0.2, -0.15) is 0 Å². The number of hydrogen-bond acceptors (Lipinski definition) is 6. The topological polar surface area (TPSA) is 93.9 Å². The zero-order valence-corrected chi connectivity index (χ0v) is 17.0. The Bertz CT molecular complexity index is 1120. The molecular weight excluding hydrogens is 398 g/mol. The number of rotatable bonds is 7. The smallest absolute Gasteiger partial charge is 0.277 e. The molecule has 0 aliphatic carbocycles. The first-order valence-electron chi connectivity index (χ1n) is 9.78. The maximum absolute atomic E-state index is 12.7. The second kappa shape index (κ2) is 8.74. The van der Waals surface area contributed by atoms with E-state index in [0.29, 0.717) is 36.0 Å². The molecule has 0 fully saturated rings. The van der Waals surface area contributed by atoms with Crippen LogP contribution in [0.5, 0.6) is 11.5 Å². The molecule has 2 aromatic carbocycles. The minimum atomic E-state index is -0.431. The average Bonchev–Trinajstić information content (AvgIpc) is 3.27. The van der Waals surface area contributed by atoms with Crippen LogP contribution in [0.25, 0.3) is 11.3 Å². The van der Waals surface area contributed by atoms with Crippen LogP contribution in [0.4, 0.5) is 11.4 Å². The number of amides is 2. The molecule has 31 heavy (non-hydrogen) atoms. The largest absolute Gasteiger partial charge is 0.494 e. The lowest BCUT2D eigenvalue weighted by molar-refractivity contribution is -0.121. The van der Waals surface area contributed by atoms with Gasteiger partial charge in [0.05, 0.1) is 12.3 Å². The molecule has 2 heterocycles. The summed E-state index contributed by atoms with van der Waals surface area (Å²) in [5.74, 6) is 1.18. The molecule has 8 nitrogen and oxygen atoms in total. The number of ether oxygens (including phenoxy) is 2. The van der Waals surface area contributed by atoms with Crippen LogP contribution < -0.4 is 19.7 Å². The summed E-state index contributed by atoms with van der Waals surface area (Å²) in [7, 11) is 0. The number of nitrogens with zero attached hydrogens (tertiary/aromatic N) is 2. The van der Waals surface area contributed by atoms with Gasteiger partial charge >= 0.3 is 0 Å². The monoisotopic (exact) mass is 419 g/mol. The molecule has 1 aromatic heterocycles. The molecule has 0 unspecified atom stereocenters. The van der Waals surface area contributed by atoms with Crippen molar-refractivity contribution in [3.05, 3.63) is 66.9 Å². The fourth-order valence-corrected chi connectivity index (χ4v) is 3.20. The summed E-state index contributed by atoms with van der Waals surface area (Å²) in [5, 5.41) is 6.65. The van der Waals surface area contributed by atoms with E-state index in [1.807, 2.05) is 31.2 Å². The van der Waals surface area contributed by atoms with Crippen molar-refractivity contribution in [3.8, 4) is 22.8 Å². The van der Waals surface area contributed by atoms with Crippen molar-refractivity contribution in [3.63, 3.8) is 0 Å². The van der Waals surface area contributed by atoms with E-state index in [4.69, 9.17) is 14.0 Å². The third-order valence-electron chi connectivity index (χ3n) is 4.66. The summed E-state index contributed by atoms with van der Waals surface area (Å²) in [6.07, 6.45) is 1.64. The van der Waals surface area contributed by atoms with Crippen LogP contribution in [0.3, 0.4) is 0 Å². The van der Waals surface area contributed by atoms with Gasteiger partial charge in [-0.3, -0.25) is 9.59 Å². The first kappa shape index (κ1) is 20.2. The van der Waals surface area contributed by atoms with Gasteiger partial charge in [-0.1, -0.05) is 11.2 Å². The third kappa shape index (κ3) is 4.28. The van der Waals surface area contributed by atoms with Gasteiger partial charge in [0.2, 0.25) is 0 Å². The normalized spacial score (nSPS) is 12.7. The van der Waals surface area contributed by atoms with Crippen molar-refractivity contribution >= 4 is 23.2 Å². The highest BCUT2D eigenvalue weighted by molar-refractivity contribution is 6.04. The van der Waals surface area contributed by atoms with Gasteiger partial charge in [-0.05, 0) is 49.4 Å². The number of hydrogen-bond donors (Lipinski definition) is 1. The van der Waals surface area contributed by atoms with Crippen LogP contribution in [0.1, 0.15) is 17.4 Å². The van der Waals surface area contributed by atoms with Gasteiger partial charge in [0.1, 0.15) is 11.5 Å². The Hall–Kier alpha value is -4.07. The van der Waals surface area contributed by atoms with Gasteiger partial charge < -0.3 is 24.2 Å². The molecule has 158 valence electrons. The minimum absolute atomic E-state index is 0.0280. The Morgan fingerprint density at radius 2 is 2.06 bits per heavy atom. The lowest BCUT2D eigenvalue weighted by atomic mass is 10.1. The first-order chi connectivity index (χ1) is 15.1. The number of aromatic nitrogens is 1. The number of benzene rings is 2. The van der Waals surface area contributed by atoms with Gasteiger partial charge in [0.15, 0.2) is 18.1 Å². The summed E-state index contributed by atoms with van der Waals surface area (Å²) >= 11 is 0. The van der Waals surface area contributed by atoms with E-state index in [1.54, 1.807) is 35.2 Å². The van der Waals surface area contributed by atoms with Crippen LogP contribution in [-0.4, -0.2) is 36.7 Å². The van der Waals surface area contributed by atoms with Crippen LogP contribution >= 0.6 is 0 Å². The van der Waals surface area contributed by atoms with Crippen LogP contribution in [0.15, 0.2) is 65.7 Å². The summed E-state index contributed by atoms with van der Waals surface area (Å²) < 4.78 is 16.2. The molecule has 3 aromatic rings. The van der Waals surface area contributed by atoms with Crippen molar-refractivity contribution < 1.29 is 23.6 Å². The second-order valence-corrected chi connectivity index (χ2v) is 6.75. The maximum atomic E-state index is 12.7. The van der Waals surface area contributed by atoms with Crippen molar-refractivity contribution in [2.45, 2.75) is 6.92 Å². The quantitative estimate of drug-likeness (QED) is 0.584. The van der Waals surface area contributed by atoms with Crippen LogP contribution in [0.2, 0.25) is 0 Å². The number of nitrogens with one attached hydrogen (secondary N) is 1. The van der Waals surface area contributed by atoms with Gasteiger partial charge in [-0.15, -0.1) is 6.58 Å². The average molecular weight is 419 g/mol. The Kier molecular flexibility index (Phi) is 5.70. The number of carbonyl (C=O) groups is 2. The highest BCUT2D eigenvalue weighted by atomic mass is 16.5. The van der Waals surface area contributed by atoms with E-state index in [0.717, 1.165) is 11.3 Å². The predicted molar refractivity (Wildman–Crippen MR) is 116 cm³/mol. The van der Waals surface area contributed by atoms with E-state index in [1.165, 1.54) is 0 Å². The third-order valence-corrected chi connectivity index (χ3v) is 4.66. The maximum Gasteiger partial charge on any atom is 0.277 e. The van der Waals surface area contributed by atoms with E-state index >= 15 is 0 Å². The highest BCUT2D eigenvalue weighted by Gasteiger charge is 2.25. The van der Waals surface area contributed by atoms with Crippen molar-refractivity contribution in [1.82, 2.24) is 5.16 Å². The molecule has 2 amide bonds. The van der Waals surface area contributed by atoms with E-state index in [2.05, 4.69) is 17.1 Å². The standard InChI is InChI=1S/C23H21N3O5/c1-3-11-26-19-12-16(7-10-20(19)30-14-22(26)27)24-23(28)18-13-21(31-25-18)15-5-8-17(9-6-15)29-4-2/h3,5-10,12-13H,1,4,11,14H2,2H3,(H,24,28). The number of anilines is 2. The molecule has 0 spiro atoms. The van der Waals surface area contributed by atoms with Gasteiger partial charge in [-0.25, -0.2) is 0 Å². The lowest BCUT2D eigenvalue weighted by Gasteiger charge is -2.28. The molecule has 0 saturated heterocycles. The molecule has 0 bridgehead atoms. The SMILES string of the molecule is C=CCN1C(=O)COc2ccc(NC(=O)c3cc(-c4ccc(OCC)cc4)on3)cc21. The Labute approximate surface area is 179 Å². The number of fused-ring (bicyclic) bond motifs is 1. The van der Waals surface area contributed by atoms with Crippen molar-refractivity contribution in [2.24, 2.45) is 0 Å². The van der Waals surface area contributed by atoms with Gasteiger partial charge in [0.25, 0.3) is 11.8 Å². The molecule has 1 aliphatic heterocycles. The molecule has 0 radical (unpaired) electrons. The second-order valence-electron chi connectivity index (χ2n) is 6.75. The summed E-state index contributed by atoms with van der Waals surface area (Å²) in [6, 6.07) is 14.0. The zero-order chi connectivity index (χ0) is 21.8. The Balaban J connectivity index is 1.50. The zero-order valence-electron chi connectivity index (χ0n) is 17.0. The van der Waals surface area contributed by atoms with Gasteiger partial charge in [0, 0.05) is 23.9 Å². The van der Waals surface area contributed by atoms with Crippen molar-refractivity contribution in [2.75, 3.05) is 30.0 Å². The molecular formula is C23H21N3O5. The lowest BCUT2D eigenvalue weighted by Crippen LogP contribution is -2.38. The van der Waals surface area contributed by atoms with Crippen molar-refractivity contribution in [1.29, 1.82) is 0 Å². The summed E-state index contributed by atoms with van der Waals surface area (Å²) in [4.78, 5) is 26.3. The molecule has 4 rings (SSSR count). The highest BCUT2D eigenvalue weighted by Crippen LogP contribution is 2.34. The fourth-order valence-electron chi connectivity index (χ4n) is 3.20. The fraction of sp³-hybridized carbons (Fsp3) is 0.174. The summed E-state index contributed by atoms with van der Waals surface area (Å²) in [6.45, 7) is 6.50. The molecule has 1 N–H and O–H groups in total. The minimum Gasteiger partial charge on any atom is -0.494 e. The molecule has 8 heteroatoms. The van der Waals surface area contributed by atoms with E-state index in [-0.39, 0.29) is 18.2 Å². The van der Waals surface area contributed by atoms with Crippen LogP contribution in [-0.2, 0) is 4.79 Å². The molecule has 1 aliphatic rings. The van der Waals surface area contributed by atoms with E-state index in [9.17, 15) is 9.59 Å². The van der Waals surface area contributed by atoms with E-state index < -0.39 is 5.91 Å². The Morgan fingerprint density at radius 1 is 1.26 bits per heavy atom. The molecule has 0 atom stereocenters. The first-order valence-corrected chi connectivity index (χ1v) is 9.78. The van der Waals surface area contributed by atoms with Crippen LogP contribution in [0, 0.1) is 0 Å². The molecule has 0 saturated carbocycles. The predicted octanol–water partition coefficient (Wildman–Crippen LogP) is 3.90. The number of carbonyl (C=O) groups excluding carboxylic acids is 2. The summed E-state index contributed by atoms with van der Waals surface area (Å²) in [5.41, 5.74) is 1.99. The Morgan fingerprint density at radius 3 is 2.81 bits per heavy atom.